The smallest absolute Gasteiger partial charge is 0.222 e. The van der Waals surface area contributed by atoms with Gasteiger partial charge in [0.1, 0.15) is 0 Å². The summed E-state index contributed by atoms with van der Waals surface area (Å²) in [4.78, 5) is 14.2. The van der Waals surface area contributed by atoms with Crippen LogP contribution >= 0.6 is 0 Å². The van der Waals surface area contributed by atoms with Crippen LogP contribution in [-0.2, 0) is 18.3 Å². The van der Waals surface area contributed by atoms with Crippen molar-refractivity contribution in [1.29, 1.82) is 0 Å². The van der Waals surface area contributed by atoms with Crippen molar-refractivity contribution in [2.45, 2.75) is 31.7 Å². The van der Waals surface area contributed by atoms with Crippen LogP contribution in [0, 0.1) is 11.8 Å². The van der Waals surface area contributed by atoms with Crippen LogP contribution in [-0.4, -0.2) is 39.7 Å². The zero-order valence-corrected chi connectivity index (χ0v) is 11.5. The minimum absolute atomic E-state index is 0.190. The van der Waals surface area contributed by atoms with Gasteiger partial charge < -0.3 is 10.6 Å². The van der Waals surface area contributed by atoms with Crippen molar-refractivity contribution in [2.24, 2.45) is 24.6 Å². The molecule has 5 nitrogen and oxygen atoms in total. The maximum Gasteiger partial charge on any atom is 0.222 e. The molecule has 3 rings (SSSR count). The second kappa shape index (κ2) is 4.96. The van der Waals surface area contributed by atoms with Crippen LogP contribution in [0.4, 0.5) is 0 Å². The van der Waals surface area contributed by atoms with Crippen LogP contribution in [0.3, 0.4) is 0 Å². The number of carbonyl (C=O) groups excluding carboxylic acids is 1. The number of aryl methyl sites for hydroxylation is 2. The molecule has 2 heterocycles. The Morgan fingerprint density at radius 2 is 2.26 bits per heavy atom. The van der Waals surface area contributed by atoms with Crippen LogP contribution in [0.2, 0.25) is 0 Å². The first-order valence-corrected chi connectivity index (χ1v) is 7.14. The lowest BCUT2D eigenvalue weighted by molar-refractivity contribution is -0.130. The molecule has 1 saturated carbocycles. The number of hydrogen-bond acceptors (Lipinski definition) is 3. The predicted octanol–water partition coefficient (Wildman–Crippen LogP) is 0.548. The molecular weight excluding hydrogens is 240 g/mol. The summed E-state index contributed by atoms with van der Waals surface area (Å²) >= 11 is 0. The number of nitrogens with two attached hydrogens (primary N) is 1. The van der Waals surface area contributed by atoms with Crippen molar-refractivity contribution in [3.05, 3.63) is 18.0 Å². The van der Waals surface area contributed by atoms with E-state index >= 15 is 0 Å². The Bertz CT molecular complexity index is 466. The number of hydrogen-bond donors (Lipinski definition) is 1. The summed E-state index contributed by atoms with van der Waals surface area (Å²) in [5.41, 5.74) is 7.27. The summed E-state index contributed by atoms with van der Waals surface area (Å²) < 4.78 is 1.77. The molecule has 2 fully saturated rings. The van der Waals surface area contributed by atoms with E-state index in [1.54, 1.807) is 4.68 Å². The fourth-order valence-corrected chi connectivity index (χ4v) is 3.09. The Labute approximate surface area is 113 Å². The van der Waals surface area contributed by atoms with E-state index in [1.165, 1.54) is 12.8 Å². The highest BCUT2D eigenvalue weighted by Gasteiger charge is 2.41. The van der Waals surface area contributed by atoms with Gasteiger partial charge in [-0.25, -0.2) is 0 Å². The van der Waals surface area contributed by atoms with E-state index in [0.29, 0.717) is 12.3 Å². The molecule has 1 aliphatic heterocycles. The van der Waals surface area contributed by atoms with Gasteiger partial charge in [0.15, 0.2) is 0 Å². The third kappa shape index (κ3) is 2.81. The van der Waals surface area contributed by atoms with E-state index in [2.05, 4.69) is 5.10 Å². The SMILES string of the molecule is Cn1cc(CCC(=O)N2C[C@H](C3CC3)[C@@H](N)C2)cn1. The van der Waals surface area contributed by atoms with E-state index < -0.39 is 0 Å². The summed E-state index contributed by atoms with van der Waals surface area (Å²) in [6.45, 7) is 1.62. The Kier molecular flexibility index (Phi) is 3.31. The third-order valence-electron chi connectivity index (χ3n) is 4.38. The molecule has 19 heavy (non-hydrogen) atoms. The van der Waals surface area contributed by atoms with E-state index in [0.717, 1.165) is 31.0 Å². The molecule has 104 valence electrons. The molecule has 1 amide bonds. The van der Waals surface area contributed by atoms with Gasteiger partial charge in [-0.1, -0.05) is 0 Å². The zero-order chi connectivity index (χ0) is 13.4. The van der Waals surface area contributed by atoms with E-state index in [-0.39, 0.29) is 11.9 Å². The Morgan fingerprint density at radius 3 is 2.89 bits per heavy atom. The molecule has 5 heteroatoms. The molecule has 2 atom stereocenters. The van der Waals surface area contributed by atoms with Gasteiger partial charge in [0.2, 0.25) is 5.91 Å². The lowest BCUT2D eigenvalue weighted by Gasteiger charge is -2.15. The fraction of sp³-hybridized carbons (Fsp3) is 0.714. The van der Waals surface area contributed by atoms with Crippen molar-refractivity contribution in [3.8, 4) is 0 Å². The minimum atomic E-state index is 0.190. The maximum absolute atomic E-state index is 12.2. The average molecular weight is 262 g/mol. The lowest BCUT2D eigenvalue weighted by atomic mass is 9.99. The Hall–Kier alpha value is -1.36. The van der Waals surface area contributed by atoms with Crippen LogP contribution in [0.25, 0.3) is 0 Å². The van der Waals surface area contributed by atoms with Gasteiger partial charge in [0.25, 0.3) is 0 Å². The molecule has 1 aliphatic carbocycles. The molecule has 1 aromatic rings. The highest BCUT2D eigenvalue weighted by atomic mass is 16.2. The predicted molar refractivity (Wildman–Crippen MR) is 72.3 cm³/mol. The second-order valence-corrected chi connectivity index (χ2v) is 5.99. The van der Waals surface area contributed by atoms with Gasteiger partial charge >= 0.3 is 0 Å². The summed E-state index contributed by atoms with van der Waals surface area (Å²) in [6, 6.07) is 0.190. The maximum atomic E-state index is 12.2. The van der Waals surface area contributed by atoms with E-state index in [9.17, 15) is 4.79 Å². The number of likely N-dealkylation sites (tertiary alicyclic amines) is 1. The van der Waals surface area contributed by atoms with E-state index in [1.807, 2.05) is 24.3 Å². The average Bonchev–Trinajstić information content (AvgIpc) is 3.03. The monoisotopic (exact) mass is 262 g/mol. The van der Waals surface area contributed by atoms with Crippen LogP contribution in [0.1, 0.15) is 24.8 Å². The van der Waals surface area contributed by atoms with Gasteiger partial charge in [-0.2, -0.15) is 5.10 Å². The lowest BCUT2D eigenvalue weighted by Crippen LogP contribution is -2.32. The molecule has 0 unspecified atom stereocenters. The minimum Gasteiger partial charge on any atom is -0.341 e. The van der Waals surface area contributed by atoms with E-state index in [4.69, 9.17) is 5.73 Å². The largest absolute Gasteiger partial charge is 0.341 e. The quantitative estimate of drug-likeness (QED) is 0.862. The summed E-state index contributed by atoms with van der Waals surface area (Å²) in [5.74, 6) is 1.57. The number of amides is 1. The zero-order valence-electron chi connectivity index (χ0n) is 11.5. The normalized spacial score (nSPS) is 26.9. The summed E-state index contributed by atoms with van der Waals surface area (Å²) in [6.07, 6.45) is 7.74. The Balaban J connectivity index is 1.50. The van der Waals surface area contributed by atoms with Crippen molar-refractivity contribution < 1.29 is 4.79 Å². The standard InChI is InChI=1S/C14H22N4O/c1-17-7-10(6-16-17)2-5-14(19)18-8-12(11-3-4-11)13(15)9-18/h6-7,11-13H,2-5,8-9,15H2,1H3/t12-,13+/m1/s1. The first-order chi connectivity index (χ1) is 9.13. The first kappa shape index (κ1) is 12.7. The molecule has 1 aromatic heterocycles. The van der Waals surface area contributed by atoms with Gasteiger partial charge in [0, 0.05) is 38.8 Å². The van der Waals surface area contributed by atoms with Crippen molar-refractivity contribution in [1.82, 2.24) is 14.7 Å². The first-order valence-electron chi connectivity index (χ1n) is 7.14. The molecule has 2 aliphatic rings. The summed E-state index contributed by atoms with van der Waals surface area (Å²) in [7, 11) is 1.89. The molecule has 0 aromatic carbocycles. The number of rotatable bonds is 4. The van der Waals surface area contributed by atoms with Gasteiger partial charge in [-0.15, -0.1) is 0 Å². The molecule has 1 saturated heterocycles. The van der Waals surface area contributed by atoms with Crippen LogP contribution in [0.15, 0.2) is 12.4 Å². The van der Waals surface area contributed by atoms with Crippen LogP contribution < -0.4 is 5.73 Å². The van der Waals surface area contributed by atoms with Crippen molar-refractivity contribution >= 4 is 5.91 Å². The molecule has 0 bridgehead atoms. The van der Waals surface area contributed by atoms with Gasteiger partial charge in [-0.3, -0.25) is 9.48 Å². The van der Waals surface area contributed by atoms with Crippen LogP contribution in [0.5, 0.6) is 0 Å². The highest BCUT2D eigenvalue weighted by molar-refractivity contribution is 5.76. The summed E-state index contributed by atoms with van der Waals surface area (Å²) in [5, 5.41) is 4.12. The second-order valence-electron chi connectivity index (χ2n) is 5.99. The van der Waals surface area contributed by atoms with Gasteiger partial charge in [0.05, 0.1) is 6.20 Å². The molecular formula is C14H22N4O. The number of aromatic nitrogens is 2. The topological polar surface area (TPSA) is 64.2 Å². The van der Waals surface area contributed by atoms with Crippen molar-refractivity contribution in [2.75, 3.05) is 13.1 Å². The molecule has 2 N–H and O–H groups in total. The fourth-order valence-electron chi connectivity index (χ4n) is 3.09. The number of carbonyl (C=O) groups is 1. The Morgan fingerprint density at radius 1 is 1.47 bits per heavy atom. The molecule has 0 spiro atoms. The van der Waals surface area contributed by atoms with Gasteiger partial charge in [-0.05, 0) is 36.7 Å². The van der Waals surface area contributed by atoms with Crippen molar-refractivity contribution in [3.63, 3.8) is 0 Å². The third-order valence-corrected chi connectivity index (χ3v) is 4.38. The molecule has 0 radical (unpaired) electrons. The highest BCUT2D eigenvalue weighted by Crippen LogP contribution is 2.40. The number of nitrogens with zero attached hydrogens (tertiary/aromatic N) is 3.